The number of carbonyl (C=O) groups is 1. The quantitative estimate of drug-likeness (QED) is 0.156. The summed E-state index contributed by atoms with van der Waals surface area (Å²) in [6.45, 7) is 9.80. The highest BCUT2D eigenvalue weighted by Gasteiger charge is 2.38. The van der Waals surface area contributed by atoms with Crippen molar-refractivity contribution >= 4 is 25.4 Å². The van der Waals surface area contributed by atoms with Gasteiger partial charge in [-0.1, -0.05) is 19.6 Å². The summed E-state index contributed by atoms with van der Waals surface area (Å²) in [5, 5.41) is 6.63. The number of halogens is 6. The molecule has 1 aliphatic heterocycles. The summed E-state index contributed by atoms with van der Waals surface area (Å²) in [7, 11) is -1.42. The van der Waals surface area contributed by atoms with Crippen LogP contribution in [0.4, 0.5) is 37.7 Å². The first-order valence-electron chi connectivity index (χ1n) is 14.8. The summed E-state index contributed by atoms with van der Waals surface area (Å²) < 4.78 is 88.2. The van der Waals surface area contributed by atoms with E-state index in [4.69, 9.17) is 4.74 Å². The van der Waals surface area contributed by atoms with Crippen molar-refractivity contribution < 1.29 is 35.9 Å². The number of amides is 1. The maximum absolute atomic E-state index is 14.0. The molecule has 0 unspecified atom stereocenters. The monoisotopic (exact) mass is 672 g/mol. The fraction of sp³-hybridized carbons (Fsp3) is 0.500. The topological polar surface area (TPSA) is 84.6 Å². The van der Waals surface area contributed by atoms with Crippen molar-refractivity contribution in [3.63, 3.8) is 0 Å². The van der Waals surface area contributed by atoms with Crippen LogP contribution in [0, 0.1) is 0 Å². The van der Waals surface area contributed by atoms with Crippen molar-refractivity contribution in [3.05, 3.63) is 76.0 Å². The van der Waals surface area contributed by atoms with E-state index in [0.29, 0.717) is 48.7 Å². The maximum Gasteiger partial charge on any atom is 0.423 e. The van der Waals surface area contributed by atoms with Gasteiger partial charge in [-0.05, 0) is 43.3 Å². The van der Waals surface area contributed by atoms with E-state index < -0.39 is 48.8 Å². The summed E-state index contributed by atoms with van der Waals surface area (Å²) in [4.78, 5) is 29.4. The van der Waals surface area contributed by atoms with Crippen LogP contribution in [-0.2, 0) is 30.4 Å². The van der Waals surface area contributed by atoms with Crippen LogP contribution < -0.4 is 15.8 Å². The van der Waals surface area contributed by atoms with E-state index in [0.717, 1.165) is 24.4 Å². The van der Waals surface area contributed by atoms with Gasteiger partial charge in [0, 0.05) is 71.5 Å². The van der Waals surface area contributed by atoms with E-state index in [1.54, 1.807) is 34.9 Å². The maximum atomic E-state index is 14.0. The van der Waals surface area contributed by atoms with Crippen LogP contribution in [0.2, 0.25) is 25.7 Å². The van der Waals surface area contributed by atoms with Crippen LogP contribution >= 0.6 is 0 Å². The number of nitrogens with zero attached hydrogens (tertiary/aromatic N) is 5. The number of rotatable bonds is 11. The van der Waals surface area contributed by atoms with Gasteiger partial charge in [-0.15, -0.1) is 0 Å². The SMILES string of the molecule is C[C@@H](Cn1ccc(C(=O)N2CCN(c3ccc(C(F)(F)F)cc3)CC2)c1)Nc1cnn(COCC[Si](C)(C)C)c(=O)c1C(F)(F)F. The lowest BCUT2D eigenvalue weighted by Crippen LogP contribution is -2.48. The average molecular weight is 673 g/mol. The molecule has 16 heteroatoms. The number of carbonyl (C=O) groups excluding carboxylic acids is 1. The predicted octanol–water partition coefficient (Wildman–Crippen LogP) is 5.86. The fourth-order valence-corrected chi connectivity index (χ4v) is 5.77. The average Bonchev–Trinajstić information content (AvgIpc) is 3.42. The van der Waals surface area contributed by atoms with Crippen molar-refractivity contribution in [3.8, 4) is 0 Å². The standard InChI is InChI=1S/C30H38F6N6O3Si/c1-21(38-25-17-37-42(20-45-15-16-46(2,3)4)28(44)26(25)30(34,35)36)18-39-10-9-22(19-39)27(43)41-13-11-40(12-14-41)24-7-5-23(6-8-24)29(31,32)33/h5-10,17,19,21,38H,11-16,18,20H2,1-4H3/t21-/m0/s1. The van der Waals surface area contributed by atoms with E-state index in [-0.39, 0.29) is 19.2 Å². The smallest absolute Gasteiger partial charge is 0.379 e. The Balaban J connectivity index is 1.34. The van der Waals surface area contributed by atoms with E-state index in [2.05, 4.69) is 30.1 Å². The summed E-state index contributed by atoms with van der Waals surface area (Å²) in [5.41, 5.74) is -2.80. The molecule has 1 aromatic carbocycles. The van der Waals surface area contributed by atoms with E-state index in [9.17, 15) is 35.9 Å². The molecular weight excluding hydrogens is 634 g/mol. The molecule has 1 N–H and O–H groups in total. The van der Waals surface area contributed by atoms with E-state index in [1.807, 2.05) is 4.90 Å². The minimum atomic E-state index is -4.92. The Kier molecular flexibility index (Phi) is 10.6. The van der Waals surface area contributed by atoms with E-state index >= 15 is 0 Å². The number of aromatic nitrogens is 3. The first kappa shape index (κ1) is 35.1. The summed E-state index contributed by atoms with van der Waals surface area (Å²) in [6.07, 6.45) is -5.13. The van der Waals surface area contributed by atoms with E-state index in [1.165, 1.54) is 12.1 Å². The molecule has 2 aromatic heterocycles. The molecule has 46 heavy (non-hydrogen) atoms. The zero-order valence-corrected chi connectivity index (χ0v) is 27.1. The Hall–Kier alpha value is -3.79. The minimum absolute atomic E-state index is 0.190. The molecule has 1 saturated heterocycles. The molecule has 3 aromatic rings. The van der Waals surface area contributed by atoms with Crippen LogP contribution in [0.5, 0.6) is 0 Å². The minimum Gasteiger partial charge on any atom is -0.379 e. The largest absolute Gasteiger partial charge is 0.423 e. The Morgan fingerprint density at radius 3 is 2.24 bits per heavy atom. The number of anilines is 2. The Morgan fingerprint density at radius 2 is 1.65 bits per heavy atom. The van der Waals surface area contributed by atoms with Crippen molar-refractivity contribution in [2.75, 3.05) is 43.0 Å². The molecule has 1 fully saturated rings. The molecule has 3 heterocycles. The molecule has 1 atom stereocenters. The molecule has 252 valence electrons. The van der Waals surface area contributed by atoms with Gasteiger partial charge in [0.2, 0.25) is 0 Å². The Bertz CT molecular complexity index is 1540. The number of nitrogens with one attached hydrogen (secondary N) is 1. The van der Waals surface area contributed by atoms with Gasteiger partial charge in [0.1, 0.15) is 12.3 Å². The zero-order chi connectivity index (χ0) is 33.9. The zero-order valence-electron chi connectivity index (χ0n) is 26.1. The third-order valence-electron chi connectivity index (χ3n) is 7.55. The second kappa shape index (κ2) is 13.9. The van der Waals surface area contributed by atoms with Gasteiger partial charge in [0.15, 0.2) is 0 Å². The molecule has 0 radical (unpaired) electrons. The molecule has 9 nitrogen and oxygen atoms in total. The number of benzene rings is 1. The normalized spacial score (nSPS) is 15.3. The highest BCUT2D eigenvalue weighted by molar-refractivity contribution is 6.76. The first-order valence-corrected chi connectivity index (χ1v) is 18.5. The van der Waals surface area contributed by atoms with Crippen LogP contribution in [0.3, 0.4) is 0 Å². The van der Waals surface area contributed by atoms with Gasteiger partial charge in [0.05, 0.1) is 23.0 Å². The van der Waals surface area contributed by atoms with Gasteiger partial charge in [-0.25, -0.2) is 4.68 Å². The summed E-state index contributed by atoms with van der Waals surface area (Å²) in [6, 6.07) is 6.73. The van der Waals surface area contributed by atoms with Crippen molar-refractivity contribution in [2.45, 2.75) is 64.3 Å². The van der Waals surface area contributed by atoms with Gasteiger partial charge in [0.25, 0.3) is 11.5 Å². The molecule has 1 aliphatic rings. The molecule has 0 spiro atoms. The second-order valence-electron chi connectivity index (χ2n) is 12.5. The summed E-state index contributed by atoms with van der Waals surface area (Å²) in [5.74, 6) is -0.231. The lowest BCUT2D eigenvalue weighted by atomic mass is 10.1. The molecule has 0 bridgehead atoms. The highest BCUT2D eigenvalue weighted by atomic mass is 28.3. The first-order chi connectivity index (χ1) is 21.4. The third-order valence-corrected chi connectivity index (χ3v) is 9.25. The molecule has 0 aliphatic carbocycles. The molecule has 0 saturated carbocycles. The lowest BCUT2D eigenvalue weighted by Gasteiger charge is -2.36. The Labute approximate surface area is 263 Å². The number of ether oxygens (including phenoxy) is 1. The lowest BCUT2D eigenvalue weighted by molar-refractivity contribution is -0.139. The van der Waals surface area contributed by atoms with Crippen molar-refractivity contribution in [1.29, 1.82) is 0 Å². The second-order valence-corrected chi connectivity index (χ2v) is 18.2. The van der Waals surface area contributed by atoms with Crippen molar-refractivity contribution in [2.24, 2.45) is 0 Å². The fourth-order valence-electron chi connectivity index (χ4n) is 5.01. The summed E-state index contributed by atoms with van der Waals surface area (Å²) >= 11 is 0. The van der Waals surface area contributed by atoms with Crippen LogP contribution in [0.1, 0.15) is 28.4 Å². The molecule has 1 amide bonds. The molecule has 4 rings (SSSR count). The number of alkyl halides is 6. The van der Waals surface area contributed by atoms with Gasteiger partial charge in [-0.2, -0.15) is 31.4 Å². The highest BCUT2D eigenvalue weighted by Crippen LogP contribution is 2.32. The third kappa shape index (κ3) is 9.15. The number of hydrogen-bond donors (Lipinski definition) is 1. The van der Waals surface area contributed by atoms with Gasteiger partial charge in [-0.3, -0.25) is 9.59 Å². The van der Waals surface area contributed by atoms with Crippen LogP contribution in [0.15, 0.2) is 53.7 Å². The van der Waals surface area contributed by atoms with Gasteiger partial charge < -0.3 is 24.4 Å². The number of hydrogen-bond acceptors (Lipinski definition) is 6. The van der Waals surface area contributed by atoms with Gasteiger partial charge >= 0.3 is 12.4 Å². The predicted molar refractivity (Wildman–Crippen MR) is 165 cm³/mol. The van der Waals surface area contributed by atoms with Crippen molar-refractivity contribution in [1.82, 2.24) is 19.2 Å². The van der Waals surface area contributed by atoms with Crippen LogP contribution in [0.25, 0.3) is 0 Å². The Morgan fingerprint density at radius 1 is 1.00 bits per heavy atom. The number of piperazine rings is 1. The molecular formula is C30H38F6N6O3Si. The van der Waals surface area contributed by atoms with Crippen LogP contribution in [-0.4, -0.2) is 72.1 Å².